The van der Waals surface area contributed by atoms with Crippen molar-refractivity contribution in [2.75, 3.05) is 0 Å². The number of benzene rings is 2. The molecule has 0 heterocycles. The highest BCUT2D eigenvalue weighted by atomic mass is 19.1. The van der Waals surface area contributed by atoms with Crippen LogP contribution in [0, 0.1) is 18.6 Å². The molecule has 4 heteroatoms. The zero-order chi connectivity index (χ0) is 13.1. The first-order valence-corrected chi connectivity index (χ1v) is 5.52. The molecule has 94 valence electrons. The molecule has 0 spiro atoms. The topological polar surface area (TPSA) is 35.2 Å². The molecule has 0 saturated heterocycles. The maximum Gasteiger partial charge on any atom is 0.165 e. The van der Waals surface area contributed by atoms with Crippen LogP contribution in [-0.2, 0) is 6.54 Å². The van der Waals surface area contributed by atoms with Crippen molar-refractivity contribution in [1.29, 1.82) is 0 Å². The second-order valence-electron chi connectivity index (χ2n) is 4.04. The van der Waals surface area contributed by atoms with Crippen molar-refractivity contribution in [3.05, 3.63) is 59.2 Å². The lowest BCUT2D eigenvalue weighted by Gasteiger charge is -2.09. The Labute approximate surface area is 104 Å². The lowest BCUT2D eigenvalue weighted by molar-refractivity contribution is 0.437. The van der Waals surface area contributed by atoms with Gasteiger partial charge in [-0.05, 0) is 42.3 Å². The van der Waals surface area contributed by atoms with Crippen LogP contribution in [0.1, 0.15) is 11.1 Å². The summed E-state index contributed by atoms with van der Waals surface area (Å²) in [7, 11) is 0. The van der Waals surface area contributed by atoms with Gasteiger partial charge in [-0.1, -0.05) is 6.07 Å². The highest BCUT2D eigenvalue weighted by Gasteiger charge is 2.07. The van der Waals surface area contributed by atoms with E-state index in [1.165, 1.54) is 18.2 Å². The van der Waals surface area contributed by atoms with E-state index in [0.717, 1.165) is 5.56 Å². The van der Waals surface area contributed by atoms with E-state index in [1.807, 2.05) is 6.92 Å². The number of rotatable bonds is 3. The highest BCUT2D eigenvalue weighted by molar-refractivity contribution is 5.37. The summed E-state index contributed by atoms with van der Waals surface area (Å²) in [5.41, 5.74) is 6.90. The number of hydrogen-bond acceptors (Lipinski definition) is 2. The van der Waals surface area contributed by atoms with Crippen LogP contribution in [0.25, 0.3) is 0 Å². The molecule has 0 saturated carbocycles. The summed E-state index contributed by atoms with van der Waals surface area (Å²) in [6, 6.07) is 8.61. The number of nitrogens with two attached hydrogens (primary N) is 1. The van der Waals surface area contributed by atoms with Gasteiger partial charge in [0.05, 0.1) is 0 Å². The van der Waals surface area contributed by atoms with Crippen molar-refractivity contribution in [2.24, 2.45) is 5.73 Å². The van der Waals surface area contributed by atoms with Crippen LogP contribution in [0.5, 0.6) is 11.5 Å². The van der Waals surface area contributed by atoms with Crippen molar-refractivity contribution < 1.29 is 13.5 Å². The van der Waals surface area contributed by atoms with Crippen molar-refractivity contribution in [3.8, 4) is 11.5 Å². The Bertz CT molecular complexity index is 570. The van der Waals surface area contributed by atoms with Gasteiger partial charge in [0.2, 0.25) is 0 Å². The molecule has 2 aromatic carbocycles. The predicted octanol–water partition coefficient (Wildman–Crippen LogP) is 3.52. The number of halogens is 2. The van der Waals surface area contributed by atoms with Crippen LogP contribution in [0.2, 0.25) is 0 Å². The number of hydrogen-bond donors (Lipinski definition) is 1. The Morgan fingerprint density at radius 3 is 2.61 bits per heavy atom. The molecular formula is C14H13F2NO. The van der Waals surface area contributed by atoms with E-state index < -0.39 is 11.6 Å². The predicted molar refractivity (Wildman–Crippen MR) is 65.5 cm³/mol. The first-order chi connectivity index (χ1) is 8.58. The highest BCUT2D eigenvalue weighted by Crippen LogP contribution is 2.26. The van der Waals surface area contributed by atoms with Crippen LogP contribution in [0.4, 0.5) is 8.78 Å². The lowest BCUT2D eigenvalue weighted by Crippen LogP contribution is -1.98. The summed E-state index contributed by atoms with van der Waals surface area (Å²) in [4.78, 5) is 0. The van der Waals surface area contributed by atoms with E-state index >= 15 is 0 Å². The summed E-state index contributed by atoms with van der Waals surface area (Å²) in [5.74, 6) is -0.635. The smallest absolute Gasteiger partial charge is 0.165 e. The Morgan fingerprint density at radius 1 is 1.11 bits per heavy atom. The van der Waals surface area contributed by atoms with Gasteiger partial charge in [-0.3, -0.25) is 0 Å². The molecule has 0 fully saturated rings. The minimum absolute atomic E-state index is 0.0728. The van der Waals surface area contributed by atoms with Crippen molar-refractivity contribution in [1.82, 2.24) is 0 Å². The summed E-state index contributed by atoms with van der Waals surface area (Å²) < 4.78 is 32.1. The molecule has 0 radical (unpaired) electrons. The average Bonchev–Trinajstić information content (AvgIpc) is 2.33. The Hall–Kier alpha value is -1.94. The third-order valence-corrected chi connectivity index (χ3v) is 2.48. The normalized spacial score (nSPS) is 10.4. The molecule has 0 bridgehead atoms. The van der Waals surface area contributed by atoms with E-state index in [9.17, 15) is 8.78 Å². The molecule has 2 nitrogen and oxygen atoms in total. The molecule has 0 aliphatic rings. The van der Waals surface area contributed by atoms with Crippen molar-refractivity contribution >= 4 is 0 Å². The Balaban J connectivity index is 2.33. The Morgan fingerprint density at radius 2 is 1.89 bits per heavy atom. The zero-order valence-electron chi connectivity index (χ0n) is 9.91. The maximum atomic E-state index is 13.5. The largest absolute Gasteiger partial charge is 0.454 e. The minimum Gasteiger partial charge on any atom is -0.454 e. The first kappa shape index (κ1) is 12.5. The van der Waals surface area contributed by atoms with Gasteiger partial charge >= 0.3 is 0 Å². The van der Waals surface area contributed by atoms with Crippen LogP contribution >= 0.6 is 0 Å². The molecular weight excluding hydrogens is 236 g/mol. The first-order valence-electron chi connectivity index (χ1n) is 5.52. The molecule has 2 rings (SSSR count). The molecule has 0 aromatic heterocycles. The monoisotopic (exact) mass is 249 g/mol. The SMILES string of the molecule is Cc1ccc(F)c(Oc2cc(F)cc(CN)c2)c1. The fourth-order valence-electron chi connectivity index (χ4n) is 1.61. The van der Waals surface area contributed by atoms with Gasteiger partial charge in [-0.2, -0.15) is 0 Å². The molecule has 0 atom stereocenters. The quantitative estimate of drug-likeness (QED) is 0.903. The second-order valence-corrected chi connectivity index (χ2v) is 4.04. The molecule has 0 aliphatic carbocycles. The van der Waals surface area contributed by atoms with Gasteiger partial charge in [0.15, 0.2) is 11.6 Å². The van der Waals surface area contributed by atoms with E-state index in [4.69, 9.17) is 10.5 Å². The van der Waals surface area contributed by atoms with Gasteiger partial charge in [0.25, 0.3) is 0 Å². The van der Waals surface area contributed by atoms with Crippen molar-refractivity contribution in [2.45, 2.75) is 13.5 Å². The molecule has 2 aromatic rings. The number of ether oxygens (including phenoxy) is 1. The lowest BCUT2D eigenvalue weighted by atomic mass is 10.2. The summed E-state index contributed by atoms with van der Waals surface area (Å²) in [6.45, 7) is 2.02. The van der Waals surface area contributed by atoms with E-state index in [-0.39, 0.29) is 18.0 Å². The third-order valence-electron chi connectivity index (χ3n) is 2.48. The van der Waals surface area contributed by atoms with Crippen molar-refractivity contribution in [3.63, 3.8) is 0 Å². The average molecular weight is 249 g/mol. The summed E-state index contributed by atoms with van der Waals surface area (Å²) in [6.07, 6.45) is 0. The number of aryl methyl sites for hydroxylation is 1. The molecule has 18 heavy (non-hydrogen) atoms. The van der Waals surface area contributed by atoms with Gasteiger partial charge in [0.1, 0.15) is 11.6 Å². The van der Waals surface area contributed by atoms with Crippen LogP contribution in [-0.4, -0.2) is 0 Å². The van der Waals surface area contributed by atoms with Crippen LogP contribution in [0.15, 0.2) is 36.4 Å². The van der Waals surface area contributed by atoms with E-state index in [2.05, 4.69) is 0 Å². The van der Waals surface area contributed by atoms with Crippen LogP contribution in [0.3, 0.4) is 0 Å². The van der Waals surface area contributed by atoms with E-state index in [1.54, 1.807) is 18.2 Å². The van der Waals surface area contributed by atoms with Crippen LogP contribution < -0.4 is 10.5 Å². The second kappa shape index (κ2) is 5.14. The summed E-state index contributed by atoms with van der Waals surface area (Å²) in [5, 5.41) is 0. The van der Waals surface area contributed by atoms with Gasteiger partial charge < -0.3 is 10.5 Å². The standard InChI is InChI=1S/C14H13F2NO/c1-9-2-3-13(16)14(4-9)18-12-6-10(8-17)5-11(15)7-12/h2-7H,8,17H2,1H3. The van der Waals surface area contributed by atoms with Gasteiger partial charge in [-0.25, -0.2) is 8.78 Å². The fraction of sp³-hybridized carbons (Fsp3) is 0.143. The van der Waals surface area contributed by atoms with Gasteiger partial charge in [0, 0.05) is 12.6 Å². The molecule has 0 unspecified atom stereocenters. The summed E-state index contributed by atoms with van der Waals surface area (Å²) >= 11 is 0. The molecule has 2 N–H and O–H groups in total. The minimum atomic E-state index is -0.487. The fourth-order valence-corrected chi connectivity index (χ4v) is 1.61. The Kier molecular flexibility index (Phi) is 3.58. The van der Waals surface area contributed by atoms with Gasteiger partial charge in [-0.15, -0.1) is 0 Å². The zero-order valence-corrected chi connectivity index (χ0v) is 9.91. The maximum absolute atomic E-state index is 13.5. The van der Waals surface area contributed by atoms with E-state index in [0.29, 0.717) is 5.56 Å². The molecule has 0 aliphatic heterocycles. The molecule has 0 amide bonds. The third kappa shape index (κ3) is 2.84.